The number of nitrogens with one attached hydrogen (secondary N) is 2. The third kappa shape index (κ3) is 6.09. The van der Waals surface area contributed by atoms with Crippen LogP contribution in [-0.4, -0.2) is 149 Å². The van der Waals surface area contributed by atoms with Gasteiger partial charge in [0.1, 0.15) is 0 Å². The van der Waals surface area contributed by atoms with Crippen LogP contribution in [0.2, 0.25) is 0 Å². The lowest BCUT2D eigenvalue weighted by molar-refractivity contribution is 0.0595. The summed E-state index contributed by atoms with van der Waals surface area (Å²) in [5.74, 6) is -1.05. The standard InChI is InChI=1S/C40H46N8O4/c1-43-19-23-45(24-20-43)33-11-9-31-35-27(33)5-3-7-29(35)37(49)47(39(31)51)17-15-41-13-14-42-16-18-48-38(50)30-8-4-6-28-34(46-25-21-44(2)22-26-46)12-10-32(36(28)30)40(48)52/h3-12,41-42H,13-26H2,1-2H3. The van der Waals surface area contributed by atoms with Gasteiger partial charge in [-0.2, -0.15) is 0 Å². The van der Waals surface area contributed by atoms with Crippen LogP contribution in [0.5, 0.6) is 0 Å². The zero-order chi connectivity index (χ0) is 35.9. The molecule has 0 aromatic heterocycles. The van der Waals surface area contributed by atoms with E-state index in [0.29, 0.717) is 48.4 Å². The number of imide groups is 2. The second kappa shape index (κ2) is 14.3. The molecule has 4 aliphatic heterocycles. The van der Waals surface area contributed by atoms with Gasteiger partial charge in [-0.3, -0.25) is 29.0 Å². The number of carbonyl (C=O) groups excluding carboxylic acids is 4. The maximum Gasteiger partial charge on any atom is 0.261 e. The quantitative estimate of drug-likeness (QED) is 0.179. The summed E-state index contributed by atoms with van der Waals surface area (Å²) < 4.78 is 0. The van der Waals surface area contributed by atoms with E-state index in [1.807, 2.05) is 60.7 Å². The van der Waals surface area contributed by atoms with Crippen molar-refractivity contribution >= 4 is 56.5 Å². The van der Waals surface area contributed by atoms with Crippen molar-refractivity contribution in [2.24, 2.45) is 0 Å². The van der Waals surface area contributed by atoms with Crippen molar-refractivity contribution in [3.63, 3.8) is 0 Å². The molecule has 4 aromatic rings. The first-order chi connectivity index (χ1) is 25.3. The zero-order valence-electron chi connectivity index (χ0n) is 30.0. The molecule has 4 aliphatic rings. The molecule has 4 heterocycles. The maximum absolute atomic E-state index is 13.6. The molecule has 0 saturated carbocycles. The number of likely N-dealkylation sites (N-methyl/N-ethyl adjacent to an activating group) is 2. The van der Waals surface area contributed by atoms with Gasteiger partial charge < -0.3 is 30.2 Å². The Balaban J connectivity index is 0.829. The third-order valence-corrected chi connectivity index (χ3v) is 11.1. The molecule has 270 valence electrons. The highest BCUT2D eigenvalue weighted by molar-refractivity contribution is 6.28. The van der Waals surface area contributed by atoms with Gasteiger partial charge >= 0.3 is 0 Å². The number of benzene rings is 4. The molecule has 0 atom stereocenters. The molecule has 0 aliphatic carbocycles. The summed E-state index contributed by atoms with van der Waals surface area (Å²) in [4.78, 5) is 66.3. The first-order valence-electron chi connectivity index (χ1n) is 18.4. The number of carbonyl (C=O) groups is 4. The molecule has 2 N–H and O–H groups in total. The van der Waals surface area contributed by atoms with Gasteiger partial charge in [0, 0.05) is 147 Å². The van der Waals surface area contributed by atoms with Crippen LogP contribution >= 0.6 is 0 Å². The minimum absolute atomic E-state index is 0.256. The summed E-state index contributed by atoms with van der Waals surface area (Å²) in [6.45, 7) is 10.1. The molecule has 12 nitrogen and oxygen atoms in total. The Morgan fingerprint density at radius 2 is 0.827 bits per heavy atom. The lowest BCUT2D eigenvalue weighted by Gasteiger charge is -2.35. The van der Waals surface area contributed by atoms with E-state index in [4.69, 9.17) is 0 Å². The van der Waals surface area contributed by atoms with E-state index < -0.39 is 0 Å². The maximum atomic E-state index is 13.6. The van der Waals surface area contributed by atoms with Crippen molar-refractivity contribution in [3.05, 3.63) is 82.9 Å². The van der Waals surface area contributed by atoms with Crippen LogP contribution in [0.15, 0.2) is 60.7 Å². The van der Waals surface area contributed by atoms with Crippen molar-refractivity contribution in [2.45, 2.75) is 0 Å². The van der Waals surface area contributed by atoms with Gasteiger partial charge in [-0.05, 0) is 50.5 Å². The lowest BCUT2D eigenvalue weighted by atomic mass is 9.92. The Bertz CT molecular complexity index is 1880. The molecule has 12 heteroatoms. The molecule has 0 spiro atoms. The topological polar surface area (TPSA) is 112 Å². The van der Waals surface area contributed by atoms with Crippen LogP contribution < -0.4 is 20.4 Å². The van der Waals surface area contributed by atoms with Gasteiger partial charge in [-0.1, -0.05) is 24.3 Å². The van der Waals surface area contributed by atoms with E-state index >= 15 is 0 Å². The highest BCUT2D eigenvalue weighted by Crippen LogP contribution is 2.38. The lowest BCUT2D eigenvalue weighted by Crippen LogP contribution is -2.46. The number of hydrogen-bond donors (Lipinski definition) is 2. The Morgan fingerprint density at radius 3 is 1.21 bits per heavy atom. The fraction of sp³-hybridized carbons (Fsp3) is 0.400. The Morgan fingerprint density at radius 1 is 0.462 bits per heavy atom. The Labute approximate surface area is 303 Å². The van der Waals surface area contributed by atoms with Gasteiger partial charge in [-0.25, -0.2) is 0 Å². The summed E-state index contributed by atoms with van der Waals surface area (Å²) in [7, 11) is 4.25. The minimum Gasteiger partial charge on any atom is -0.368 e. The summed E-state index contributed by atoms with van der Waals surface area (Å²) >= 11 is 0. The van der Waals surface area contributed by atoms with Crippen LogP contribution in [0.3, 0.4) is 0 Å². The largest absolute Gasteiger partial charge is 0.368 e. The van der Waals surface area contributed by atoms with Crippen molar-refractivity contribution < 1.29 is 19.2 Å². The predicted molar refractivity (Wildman–Crippen MR) is 204 cm³/mol. The van der Waals surface area contributed by atoms with E-state index in [2.05, 4.69) is 44.3 Å². The predicted octanol–water partition coefficient (Wildman–Crippen LogP) is 2.57. The molecule has 0 bridgehead atoms. The summed E-state index contributed by atoms with van der Waals surface area (Å²) in [5, 5.41) is 10.1. The average Bonchev–Trinajstić information content (AvgIpc) is 3.16. The number of amides is 4. The van der Waals surface area contributed by atoms with Gasteiger partial charge in [0.15, 0.2) is 0 Å². The number of rotatable bonds is 11. The number of piperazine rings is 2. The minimum atomic E-state index is -0.262. The molecule has 0 unspecified atom stereocenters. The van der Waals surface area contributed by atoms with E-state index in [1.54, 1.807) is 0 Å². The monoisotopic (exact) mass is 702 g/mol. The van der Waals surface area contributed by atoms with Crippen molar-refractivity contribution in [1.29, 1.82) is 0 Å². The Kier molecular flexibility index (Phi) is 9.39. The molecule has 52 heavy (non-hydrogen) atoms. The smallest absolute Gasteiger partial charge is 0.261 e. The highest BCUT2D eigenvalue weighted by atomic mass is 16.2. The van der Waals surface area contributed by atoms with E-state index in [1.165, 1.54) is 9.80 Å². The van der Waals surface area contributed by atoms with Gasteiger partial charge in [0.2, 0.25) is 0 Å². The fourth-order valence-corrected chi connectivity index (χ4v) is 8.12. The number of hydrogen-bond acceptors (Lipinski definition) is 10. The first kappa shape index (κ1) is 34.2. The second-order valence-electron chi connectivity index (χ2n) is 14.3. The molecule has 0 radical (unpaired) electrons. The average molecular weight is 703 g/mol. The van der Waals surface area contributed by atoms with Gasteiger partial charge in [0.05, 0.1) is 0 Å². The van der Waals surface area contributed by atoms with E-state index in [9.17, 15) is 19.2 Å². The Hall–Kier alpha value is -4.88. The van der Waals surface area contributed by atoms with Crippen LogP contribution in [0.25, 0.3) is 21.5 Å². The van der Waals surface area contributed by atoms with Crippen molar-refractivity contribution in [2.75, 3.05) is 116 Å². The van der Waals surface area contributed by atoms with Gasteiger partial charge in [0.25, 0.3) is 23.6 Å². The molecule has 4 amide bonds. The van der Waals surface area contributed by atoms with Crippen LogP contribution in [0.1, 0.15) is 41.4 Å². The van der Waals surface area contributed by atoms with Crippen LogP contribution in [-0.2, 0) is 0 Å². The van der Waals surface area contributed by atoms with Crippen LogP contribution in [0.4, 0.5) is 11.4 Å². The molecular weight excluding hydrogens is 656 g/mol. The van der Waals surface area contributed by atoms with Crippen molar-refractivity contribution in [3.8, 4) is 0 Å². The second-order valence-corrected chi connectivity index (χ2v) is 14.3. The SMILES string of the molecule is CN1CCN(c2ccc3c4c(cccc24)C(=O)N(CCNCCNCCN2C(=O)c4cccc5c(N6CCN(C)CC6)ccc(c45)C2=O)C3=O)CC1. The normalized spacial score (nSPS) is 18.4. The molecule has 8 rings (SSSR count). The molecule has 2 fully saturated rings. The van der Waals surface area contributed by atoms with Crippen molar-refractivity contribution in [1.82, 2.24) is 30.2 Å². The van der Waals surface area contributed by atoms with Gasteiger partial charge in [-0.15, -0.1) is 0 Å². The highest BCUT2D eigenvalue weighted by Gasteiger charge is 2.35. The fourth-order valence-electron chi connectivity index (χ4n) is 8.12. The third-order valence-electron chi connectivity index (χ3n) is 11.1. The van der Waals surface area contributed by atoms with Crippen LogP contribution in [0, 0.1) is 0 Å². The molecular formula is C40H46N8O4. The zero-order valence-corrected chi connectivity index (χ0v) is 30.0. The number of anilines is 2. The first-order valence-corrected chi connectivity index (χ1v) is 18.4. The summed E-state index contributed by atoms with van der Waals surface area (Å²) in [5.41, 5.74) is 4.43. The molecule has 2 saturated heterocycles. The summed E-state index contributed by atoms with van der Waals surface area (Å²) in [6, 6.07) is 19.3. The van der Waals surface area contributed by atoms with E-state index in [0.717, 1.165) is 85.3 Å². The van der Waals surface area contributed by atoms with E-state index in [-0.39, 0.29) is 36.7 Å². The summed E-state index contributed by atoms with van der Waals surface area (Å²) in [6.07, 6.45) is 0. The molecule has 4 aromatic carbocycles. The number of nitrogens with zero attached hydrogens (tertiary/aromatic N) is 6.